The molecule has 1 N–H and O–H groups in total. The first-order valence-electron chi connectivity index (χ1n) is 8.45. The predicted octanol–water partition coefficient (Wildman–Crippen LogP) is 1.75. The second kappa shape index (κ2) is 7.11. The summed E-state index contributed by atoms with van der Waals surface area (Å²) < 4.78 is 4.62. The number of imide groups is 1. The molecule has 3 rings (SSSR count). The van der Waals surface area contributed by atoms with Crippen LogP contribution in [0.3, 0.4) is 0 Å². The number of carbonyl (C=O) groups excluding carboxylic acids is 4. The molecule has 0 spiro atoms. The molecule has 26 heavy (non-hydrogen) atoms. The lowest BCUT2D eigenvalue weighted by Crippen LogP contribution is -2.46. The van der Waals surface area contributed by atoms with Gasteiger partial charge in [0.2, 0.25) is 17.7 Å². The molecule has 136 valence electrons. The van der Waals surface area contributed by atoms with Gasteiger partial charge in [-0.1, -0.05) is 12.2 Å². The van der Waals surface area contributed by atoms with Crippen LogP contribution in [-0.4, -0.2) is 41.7 Å². The van der Waals surface area contributed by atoms with Crippen molar-refractivity contribution in [2.45, 2.75) is 25.8 Å². The number of amides is 3. The van der Waals surface area contributed by atoms with Gasteiger partial charge in [-0.05, 0) is 44.0 Å². The largest absolute Gasteiger partial charge is 0.465 e. The van der Waals surface area contributed by atoms with E-state index in [1.807, 2.05) is 12.2 Å². The normalized spacial score (nSPS) is 22.8. The third-order valence-corrected chi connectivity index (χ3v) is 4.88. The van der Waals surface area contributed by atoms with E-state index in [9.17, 15) is 19.2 Å². The molecule has 1 aromatic carbocycles. The minimum absolute atomic E-state index is 0.284. The monoisotopic (exact) mass is 356 g/mol. The lowest BCUT2D eigenvalue weighted by atomic mass is 9.85. The standard InChI is InChI=1S/C19H20N2O5/c1-11(21-17(23)14-5-3-4-6-15(14)18(21)24)16(22)20-13-9-7-12(8-10-13)19(25)26-2/h3-4,7-11,14-15H,5-6H2,1-2H3,(H,20,22)/t11-,14-,15-/m0/s1. The molecule has 1 aromatic rings. The second-order valence-corrected chi connectivity index (χ2v) is 6.44. The average molecular weight is 356 g/mol. The molecular formula is C19H20N2O5. The zero-order valence-electron chi connectivity index (χ0n) is 14.6. The van der Waals surface area contributed by atoms with Crippen molar-refractivity contribution in [3.63, 3.8) is 0 Å². The number of carbonyl (C=O) groups is 4. The van der Waals surface area contributed by atoms with E-state index in [2.05, 4.69) is 10.1 Å². The highest BCUT2D eigenvalue weighted by Crippen LogP contribution is 2.36. The van der Waals surface area contributed by atoms with Gasteiger partial charge in [-0.15, -0.1) is 0 Å². The smallest absolute Gasteiger partial charge is 0.337 e. The Hall–Kier alpha value is -2.96. The van der Waals surface area contributed by atoms with Crippen molar-refractivity contribution in [2.24, 2.45) is 11.8 Å². The average Bonchev–Trinajstić information content (AvgIpc) is 2.92. The molecule has 0 unspecified atom stereocenters. The molecule has 3 atom stereocenters. The first-order valence-corrected chi connectivity index (χ1v) is 8.45. The molecule has 0 bridgehead atoms. The maximum Gasteiger partial charge on any atom is 0.337 e. The van der Waals surface area contributed by atoms with Crippen LogP contribution in [0, 0.1) is 11.8 Å². The SMILES string of the molecule is COC(=O)c1ccc(NC(=O)[C@H](C)N2C(=O)[C@H]3CC=CC[C@@H]3C2=O)cc1. The molecule has 1 fully saturated rings. The molecule has 3 amide bonds. The maximum atomic E-state index is 12.5. The highest BCUT2D eigenvalue weighted by Gasteiger charge is 2.50. The predicted molar refractivity (Wildman–Crippen MR) is 93.1 cm³/mol. The number of hydrogen-bond acceptors (Lipinski definition) is 5. The van der Waals surface area contributed by atoms with Gasteiger partial charge in [-0.25, -0.2) is 4.79 Å². The van der Waals surface area contributed by atoms with Gasteiger partial charge in [0.1, 0.15) is 6.04 Å². The molecule has 7 nitrogen and oxygen atoms in total. The summed E-state index contributed by atoms with van der Waals surface area (Å²) in [6.07, 6.45) is 4.89. The van der Waals surface area contributed by atoms with Gasteiger partial charge in [0.05, 0.1) is 24.5 Å². The molecule has 1 aliphatic heterocycles. The van der Waals surface area contributed by atoms with Crippen LogP contribution in [0.1, 0.15) is 30.1 Å². The minimum atomic E-state index is -0.902. The van der Waals surface area contributed by atoms with E-state index in [0.29, 0.717) is 24.1 Å². The molecule has 1 saturated heterocycles. The maximum absolute atomic E-state index is 12.5. The van der Waals surface area contributed by atoms with Gasteiger partial charge in [-0.3, -0.25) is 19.3 Å². The summed E-state index contributed by atoms with van der Waals surface area (Å²) >= 11 is 0. The lowest BCUT2D eigenvalue weighted by molar-refractivity contribution is -0.146. The Labute approximate surface area is 151 Å². The summed E-state index contributed by atoms with van der Waals surface area (Å²) in [5.74, 6) is -2.21. The van der Waals surface area contributed by atoms with E-state index < -0.39 is 17.9 Å². The number of methoxy groups -OCH3 is 1. The van der Waals surface area contributed by atoms with Crippen molar-refractivity contribution in [1.29, 1.82) is 0 Å². The Bertz CT molecular complexity index is 758. The molecule has 1 aliphatic carbocycles. The Morgan fingerprint density at radius 1 is 1.08 bits per heavy atom. The summed E-state index contributed by atoms with van der Waals surface area (Å²) in [6, 6.07) is 5.28. The van der Waals surface area contributed by atoms with Gasteiger partial charge in [0.15, 0.2) is 0 Å². The van der Waals surface area contributed by atoms with Gasteiger partial charge in [0, 0.05) is 5.69 Å². The summed E-state index contributed by atoms with van der Waals surface area (Å²) in [5, 5.41) is 2.67. The molecule has 0 aromatic heterocycles. The van der Waals surface area contributed by atoms with Crippen molar-refractivity contribution in [3.05, 3.63) is 42.0 Å². The number of benzene rings is 1. The minimum Gasteiger partial charge on any atom is -0.465 e. The van der Waals surface area contributed by atoms with E-state index >= 15 is 0 Å². The summed E-state index contributed by atoms with van der Waals surface area (Å²) in [6.45, 7) is 1.54. The van der Waals surface area contributed by atoms with Crippen LogP contribution in [0.25, 0.3) is 0 Å². The van der Waals surface area contributed by atoms with Gasteiger partial charge in [0.25, 0.3) is 0 Å². The fraction of sp³-hybridized carbons (Fsp3) is 0.368. The van der Waals surface area contributed by atoms with Crippen LogP contribution in [0.15, 0.2) is 36.4 Å². The molecule has 7 heteroatoms. The van der Waals surface area contributed by atoms with Crippen LogP contribution in [-0.2, 0) is 19.1 Å². The number of esters is 1. The van der Waals surface area contributed by atoms with Crippen molar-refractivity contribution in [3.8, 4) is 0 Å². The number of ether oxygens (including phenoxy) is 1. The van der Waals surface area contributed by atoms with Crippen molar-refractivity contribution < 1.29 is 23.9 Å². The summed E-state index contributed by atoms with van der Waals surface area (Å²) in [7, 11) is 1.29. The molecule has 2 aliphatic rings. The molecule has 1 heterocycles. The molecule has 0 radical (unpaired) electrons. The van der Waals surface area contributed by atoms with Crippen molar-refractivity contribution >= 4 is 29.4 Å². The first-order chi connectivity index (χ1) is 12.4. The molecule has 0 saturated carbocycles. The van der Waals surface area contributed by atoms with E-state index in [1.165, 1.54) is 19.2 Å². The number of rotatable bonds is 4. The number of allylic oxidation sites excluding steroid dienone is 2. The van der Waals surface area contributed by atoms with E-state index in [-0.39, 0.29) is 23.7 Å². The van der Waals surface area contributed by atoms with Crippen molar-refractivity contribution in [1.82, 2.24) is 4.90 Å². The summed E-state index contributed by atoms with van der Waals surface area (Å²) in [5.41, 5.74) is 0.827. The number of nitrogens with one attached hydrogen (secondary N) is 1. The second-order valence-electron chi connectivity index (χ2n) is 6.44. The lowest BCUT2D eigenvalue weighted by Gasteiger charge is -2.22. The number of likely N-dealkylation sites (tertiary alicyclic amines) is 1. The Morgan fingerprint density at radius 3 is 2.12 bits per heavy atom. The third-order valence-electron chi connectivity index (χ3n) is 4.88. The first kappa shape index (κ1) is 17.8. The zero-order valence-corrected chi connectivity index (χ0v) is 14.6. The third kappa shape index (κ3) is 3.12. The summed E-state index contributed by atoms with van der Waals surface area (Å²) in [4.78, 5) is 50.1. The number of nitrogens with zero attached hydrogens (tertiary/aromatic N) is 1. The van der Waals surface area contributed by atoms with Gasteiger partial charge in [-0.2, -0.15) is 0 Å². The van der Waals surface area contributed by atoms with E-state index in [0.717, 1.165) is 4.90 Å². The Morgan fingerprint density at radius 2 is 1.62 bits per heavy atom. The number of anilines is 1. The van der Waals surface area contributed by atoms with Crippen LogP contribution in [0.5, 0.6) is 0 Å². The van der Waals surface area contributed by atoms with Crippen LogP contribution in [0.4, 0.5) is 5.69 Å². The number of hydrogen-bond donors (Lipinski definition) is 1. The quantitative estimate of drug-likeness (QED) is 0.504. The van der Waals surface area contributed by atoms with Crippen LogP contribution >= 0.6 is 0 Å². The number of fused-ring (bicyclic) bond motifs is 1. The topological polar surface area (TPSA) is 92.8 Å². The zero-order chi connectivity index (χ0) is 18.8. The van der Waals surface area contributed by atoms with Gasteiger partial charge >= 0.3 is 5.97 Å². The molecular weight excluding hydrogens is 336 g/mol. The fourth-order valence-electron chi connectivity index (χ4n) is 3.38. The highest BCUT2D eigenvalue weighted by molar-refractivity contribution is 6.10. The van der Waals surface area contributed by atoms with Gasteiger partial charge < -0.3 is 10.1 Å². The van der Waals surface area contributed by atoms with Crippen LogP contribution in [0.2, 0.25) is 0 Å². The highest BCUT2D eigenvalue weighted by atomic mass is 16.5. The van der Waals surface area contributed by atoms with Crippen molar-refractivity contribution in [2.75, 3.05) is 12.4 Å². The van der Waals surface area contributed by atoms with Crippen LogP contribution < -0.4 is 5.32 Å². The fourth-order valence-corrected chi connectivity index (χ4v) is 3.38. The van der Waals surface area contributed by atoms with E-state index in [4.69, 9.17) is 0 Å². The Kier molecular flexibility index (Phi) is 4.88. The Balaban J connectivity index is 1.69. The van der Waals surface area contributed by atoms with E-state index in [1.54, 1.807) is 19.1 Å².